The van der Waals surface area contributed by atoms with Crippen LogP contribution < -0.4 is 0 Å². The molecule has 1 aliphatic rings. The number of esters is 1. The molecule has 1 heterocycles. The number of carbonyl (C=O) groups excluding carboxylic acids is 1. The zero-order valence-corrected chi connectivity index (χ0v) is 16.2. The van der Waals surface area contributed by atoms with Crippen LogP contribution in [0.2, 0.25) is 0 Å². The van der Waals surface area contributed by atoms with Crippen LogP contribution in [0.25, 0.3) is 0 Å². The smallest absolute Gasteiger partial charge is 0.306 e. The number of hydrogen-bond donors (Lipinski definition) is 0. The SMILES string of the molecule is CC(C)(C)CC(C)(C)OC(=O)CCCCC1(C)CCSS1. The van der Waals surface area contributed by atoms with Gasteiger partial charge in [-0.1, -0.05) is 48.8 Å². The predicted molar refractivity (Wildman–Crippen MR) is 95.8 cm³/mol. The minimum Gasteiger partial charge on any atom is -0.460 e. The minimum atomic E-state index is -0.362. The fourth-order valence-corrected chi connectivity index (χ4v) is 6.39. The first-order chi connectivity index (χ1) is 9.52. The maximum Gasteiger partial charge on any atom is 0.306 e. The van der Waals surface area contributed by atoms with Gasteiger partial charge < -0.3 is 4.74 Å². The number of unbranched alkanes of at least 4 members (excludes halogenated alkanes) is 1. The Morgan fingerprint density at radius 3 is 2.38 bits per heavy atom. The average molecular weight is 333 g/mol. The molecule has 0 amide bonds. The summed E-state index contributed by atoms with van der Waals surface area (Å²) in [7, 11) is 4.00. The highest BCUT2D eigenvalue weighted by atomic mass is 33.1. The molecule has 4 heteroatoms. The van der Waals surface area contributed by atoms with Crippen molar-refractivity contribution in [3.63, 3.8) is 0 Å². The van der Waals surface area contributed by atoms with Gasteiger partial charge in [0.2, 0.25) is 0 Å². The quantitative estimate of drug-likeness (QED) is 0.332. The molecule has 1 atom stereocenters. The Kier molecular flexibility index (Phi) is 6.98. The Morgan fingerprint density at radius 1 is 1.19 bits per heavy atom. The Hall–Kier alpha value is 0.170. The fraction of sp³-hybridized carbons (Fsp3) is 0.941. The van der Waals surface area contributed by atoms with Gasteiger partial charge in [-0.15, -0.1) is 0 Å². The van der Waals surface area contributed by atoms with Crippen LogP contribution in [0.3, 0.4) is 0 Å². The van der Waals surface area contributed by atoms with Crippen molar-refractivity contribution in [1.29, 1.82) is 0 Å². The van der Waals surface area contributed by atoms with E-state index in [0.717, 1.165) is 19.3 Å². The lowest BCUT2D eigenvalue weighted by Gasteiger charge is -2.32. The number of hydrogen-bond acceptors (Lipinski definition) is 4. The molecule has 0 radical (unpaired) electrons. The molecule has 0 aliphatic carbocycles. The summed E-state index contributed by atoms with van der Waals surface area (Å²) in [6.07, 6.45) is 6.03. The van der Waals surface area contributed by atoms with Crippen molar-refractivity contribution in [2.45, 2.75) is 90.4 Å². The third-order valence-corrected chi connectivity index (χ3v) is 7.02. The molecule has 0 spiro atoms. The van der Waals surface area contributed by atoms with E-state index < -0.39 is 0 Å². The van der Waals surface area contributed by atoms with Gasteiger partial charge in [0, 0.05) is 16.9 Å². The third-order valence-electron chi connectivity index (χ3n) is 3.66. The van der Waals surface area contributed by atoms with Gasteiger partial charge in [0.25, 0.3) is 0 Å². The Morgan fingerprint density at radius 2 is 1.86 bits per heavy atom. The third kappa shape index (κ3) is 8.39. The van der Waals surface area contributed by atoms with Crippen molar-refractivity contribution in [3.8, 4) is 0 Å². The van der Waals surface area contributed by atoms with Gasteiger partial charge in [-0.05, 0) is 51.9 Å². The molecule has 124 valence electrons. The normalized spacial score (nSPS) is 23.3. The van der Waals surface area contributed by atoms with Crippen molar-refractivity contribution >= 4 is 27.6 Å². The molecule has 0 N–H and O–H groups in total. The van der Waals surface area contributed by atoms with Crippen LogP contribution in [0.5, 0.6) is 0 Å². The standard InChI is InChI=1S/C17H32O2S2/c1-15(2,3)13-16(4,5)19-14(18)9-7-8-10-17(6)11-12-20-21-17/h7-13H2,1-6H3. The monoisotopic (exact) mass is 332 g/mol. The van der Waals surface area contributed by atoms with E-state index in [1.54, 1.807) is 0 Å². The second-order valence-electron chi connectivity index (χ2n) is 8.28. The molecule has 1 saturated heterocycles. The average Bonchev–Trinajstić information content (AvgIpc) is 2.68. The molecule has 1 aliphatic heterocycles. The molecule has 0 saturated carbocycles. The lowest BCUT2D eigenvalue weighted by atomic mass is 9.83. The Labute approximate surface area is 138 Å². The highest BCUT2D eigenvalue weighted by Crippen LogP contribution is 2.49. The van der Waals surface area contributed by atoms with Gasteiger partial charge in [-0.3, -0.25) is 4.79 Å². The van der Waals surface area contributed by atoms with Crippen LogP contribution in [0.1, 0.15) is 80.1 Å². The number of rotatable bonds is 7. The van der Waals surface area contributed by atoms with Crippen LogP contribution in [0.15, 0.2) is 0 Å². The summed E-state index contributed by atoms with van der Waals surface area (Å²) in [5.41, 5.74) is -0.186. The van der Waals surface area contributed by atoms with Crippen LogP contribution in [-0.4, -0.2) is 22.1 Å². The summed E-state index contributed by atoms with van der Waals surface area (Å²) in [6.45, 7) is 12.9. The second kappa shape index (κ2) is 7.63. The maximum atomic E-state index is 12.0. The second-order valence-corrected chi connectivity index (χ2v) is 11.3. The zero-order chi connectivity index (χ0) is 16.1. The minimum absolute atomic E-state index is 0.0390. The first kappa shape index (κ1) is 19.2. The van der Waals surface area contributed by atoms with Crippen LogP contribution in [0, 0.1) is 5.41 Å². The van der Waals surface area contributed by atoms with Crippen molar-refractivity contribution in [3.05, 3.63) is 0 Å². The lowest BCUT2D eigenvalue weighted by molar-refractivity contribution is -0.159. The van der Waals surface area contributed by atoms with E-state index in [-0.39, 0.29) is 17.0 Å². The van der Waals surface area contributed by atoms with Crippen molar-refractivity contribution < 1.29 is 9.53 Å². The van der Waals surface area contributed by atoms with E-state index in [2.05, 4.69) is 27.7 Å². The number of carbonyl (C=O) groups is 1. The van der Waals surface area contributed by atoms with E-state index >= 15 is 0 Å². The first-order valence-electron chi connectivity index (χ1n) is 8.04. The lowest BCUT2D eigenvalue weighted by Crippen LogP contribution is -2.32. The molecule has 1 unspecified atom stereocenters. The topological polar surface area (TPSA) is 26.3 Å². The first-order valence-corrected chi connectivity index (χ1v) is 10.4. The van der Waals surface area contributed by atoms with E-state index in [1.807, 2.05) is 35.4 Å². The molecule has 2 nitrogen and oxygen atoms in total. The predicted octanol–water partition coefficient (Wildman–Crippen LogP) is 5.85. The van der Waals surface area contributed by atoms with E-state index in [0.29, 0.717) is 11.2 Å². The van der Waals surface area contributed by atoms with Crippen LogP contribution in [0.4, 0.5) is 0 Å². The summed E-state index contributed by atoms with van der Waals surface area (Å²) in [5, 5.41) is 0. The summed E-state index contributed by atoms with van der Waals surface area (Å²) < 4.78 is 6.09. The van der Waals surface area contributed by atoms with Crippen LogP contribution >= 0.6 is 21.6 Å². The van der Waals surface area contributed by atoms with Crippen LogP contribution in [-0.2, 0) is 9.53 Å². The molecular weight excluding hydrogens is 300 g/mol. The Balaban J connectivity index is 2.21. The molecule has 0 aromatic heterocycles. The van der Waals surface area contributed by atoms with Crippen molar-refractivity contribution in [1.82, 2.24) is 0 Å². The summed E-state index contributed by atoms with van der Waals surface area (Å²) in [5.74, 6) is 1.23. The van der Waals surface area contributed by atoms with Gasteiger partial charge in [0.1, 0.15) is 5.60 Å². The van der Waals surface area contributed by atoms with Gasteiger partial charge in [0.15, 0.2) is 0 Å². The van der Waals surface area contributed by atoms with Gasteiger partial charge in [0.05, 0.1) is 0 Å². The van der Waals surface area contributed by atoms with Gasteiger partial charge in [-0.2, -0.15) is 0 Å². The summed E-state index contributed by atoms with van der Waals surface area (Å²) in [6, 6.07) is 0. The van der Waals surface area contributed by atoms with E-state index in [4.69, 9.17) is 4.74 Å². The van der Waals surface area contributed by atoms with E-state index in [1.165, 1.54) is 18.6 Å². The zero-order valence-electron chi connectivity index (χ0n) is 14.6. The molecular formula is C17H32O2S2. The largest absolute Gasteiger partial charge is 0.460 e. The summed E-state index contributed by atoms with van der Waals surface area (Å²) >= 11 is 0. The molecule has 0 bridgehead atoms. The highest BCUT2D eigenvalue weighted by Gasteiger charge is 2.30. The van der Waals surface area contributed by atoms with Gasteiger partial charge >= 0.3 is 5.97 Å². The van der Waals surface area contributed by atoms with Gasteiger partial charge in [-0.25, -0.2) is 0 Å². The van der Waals surface area contributed by atoms with Crippen molar-refractivity contribution in [2.75, 3.05) is 5.75 Å². The fourth-order valence-electron chi connectivity index (χ4n) is 3.09. The van der Waals surface area contributed by atoms with Crippen molar-refractivity contribution in [2.24, 2.45) is 5.41 Å². The molecule has 21 heavy (non-hydrogen) atoms. The highest BCUT2D eigenvalue weighted by molar-refractivity contribution is 8.77. The molecule has 1 rings (SSSR count). The Bertz CT molecular complexity index is 339. The summed E-state index contributed by atoms with van der Waals surface area (Å²) in [4.78, 5) is 12.0. The molecule has 1 fully saturated rings. The number of ether oxygens (including phenoxy) is 1. The van der Waals surface area contributed by atoms with E-state index in [9.17, 15) is 4.79 Å². The molecule has 0 aromatic carbocycles. The maximum absolute atomic E-state index is 12.0. The molecule has 0 aromatic rings.